The topological polar surface area (TPSA) is 108 Å². The lowest BCUT2D eigenvalue weighted by Crippen LogP contribution is -2.46. The van der Waals surface area contributed by atoms with Crippen molar-refractivity contribution in [2.24, 2.45) is 0 Å². The molecule has 0 saturated heterocycles. The number of aliphatic hydroxyl groups is 1. The molecular formula is C76H139N2O6P. The van der Waals surface area contributed by atoms with Crippen LogP contribution in [0.25, 0.3) is 0 Å². The van der Waals surface area contributed by atoms with Crippen molar-refractivity contribution in [2.45, 2.75) is 341 Å². The van der Waals surface area contributed by atoms with Gasteiger partial charge >= 0.3 is 0 Å². The fourth-order valence-corrected chi connectivity index (χ4v) is 11.3. The van der Waals surface area contributed by atoms with Gasteiger partial charge in [0.2, 0.25) is 5.91 Å². The van der Waals surface area contributed by atoms with Crippen molar-refractivity contribution in [3.63, 3.8) is 0 Å². The molecule has 0 aliphatic carbocycles. The summed E-state index contributed by atoms with van der Waals surface area (Å²) >= 11 is 0. The van der Waals surface area contributed by atoms with E-state index in [4.69, 9.17) is 9.05 Å². The fourth-order valence-electron chi connectivity index (χ4n) is 10.5. The molecule has 0 saturated carbocycles. The Morgan fingerprint density at radius 3 is 1.05 bits per heavy atom. The zero-order chi connectivity index (χ0) is 61.9. The quantitative estimate of drug-likeness (QED) is 0.0272. The number of carbonyl (C=O) groups is 1. The minimum atomic E-state index is -4.59. The number of phosphoric acid groups is 1. The van der Waals surface area contributed by atoms with E-state index in [0.29, 0.717) is 23.9 Å². The third-order valence-corrected chi connectivity index (χ3v) is 17.1. The van der Waals surface area contributed by atoms with Gasteiger partial charge in [-0.3, -0.25) is 9.36 Å². The first kappa shape index (κ1) is 82.4. The third-order valence-electron chi connectivity index (χ3n) is 16.1. The molecule has 0 aliphatic rings. The van der Waals surface area contributed by atoms with Crippen LogP contribution in [-0.2, 0) is 18.4 Å². The Hall–Kier alpha value is -2.58. The first-order valence-electron chi connectivity index (χ1n) is 36.1. The number of quaternary nitrogens is 1. The van der Waals surface area contributed by atoms with E-state index in [1.165, 1.54) is 199 Å². The molecule has 2 N–H and O–H groups in total. The van der Waals surface area contributed by atoms with E-state index in [1.807, 2.05) is 21.1 Å². The van der Waals surface area contributed by atoms with Crippen molar-refractivity contribution in [1.29, 1.82) is 0 Å². The van der Waals surface area contributed by atoms with E-state index in [2.05, 4.69) is 116 Å². The summed E-state index contributed by atoms with van der Waals surface area (Å²) in [6.45, 7) is 4.63. The van der Waals surface area contributed by atoms with Crippen molar-refractivity contribution in [3.05, 3.63) is 97.2 Å². The second-order valence-electron chi connectivity index (χ2n) is 25.6. The summed E-state index contributed by atoms with van der Waals surface area (Å²) in [6, 6.07) is -0.818. The normalized spacial score (nSPS) is 14.2. The first-order chi connectivity index (χ1) is 41.5. The molecular weight excluding hydrogens is 1070 g/mol. The Balaban J connectivity index is 4.09. The summed E-state index contributed by atoms with van der Waals surface area (Å²) in [4.78, 5) is 25.7. The monoisotopic (exact) mass is 1210 g/mol. The lowest BCUT2D eigenvalue weighted by molar-refractivity contribution is -0.870. The maximum Gasteiger partial charge on any atom is 0.268 e. The van der Waals surface area contributed by atoms with Gasteiger partial charge < -0.3 is 28.8 Å². The van der Waals surface area contributed by atoms with Gasteiger partial charge in [0.05, 0.1) is 39.9 Å². The minimum absolute atomic E-state index is 0.00466. The molecule has 494 valence electrons. The Bertz CT molecular complexity index is 1710. The van der Waals surface area contributed by atoms with Crippen molar-refractivity contribution < 1.29 is 32.9 Å². The number of hydrogen-bond donors (Lipinski definition) is 2. The number of carbonyl (C=O) groups excluding carboxylic acids is 1. The van der Waals surface area contributed by atoms with Crippen molar-refractivity contribution in [2.75, 3.05) is 40.9 Å². The molecule has 3 unspecified atom stereocenters. The van der Waals surface area contributed by atoms with E-state index in [-0.39, 0.29) is 19.1 Å². The molecule has 0 spiro atoms. The van der Waals surface area contributed by atoms with Crippen molar-refractivity contribution in [3.8, 4) is 0 Å². The predicted molar refractivity (Wildman–Crippen MR) is 371 cm³/mol. The van der Waals surface area contributed by atoms with Crippen LogP contribution < -0.4 is 10.2 Å². The number of likely N-dealkylation sites (N-methyl/N-ethyl adjacent to an activating group) is 1. The van der Waals surface area contributed by atoms with Gasteiger partial charge in [0.15, 0.2) is 0 Å². The highest BCUT2D eigenvalue weighted by molar-refractivity contribution is 7.45. The molecule has 3 atom stereocenters. The van der Waals surface area contributed by atoms with E-state index < -0.39 is 20.0 Å². The zero-order valence-electron chi connectivity index (χ0n) is 56.5. The lowest BCUT2D eigenvalue weighted by Gasteiger charge is -2.30. The van der Waals surface area contributed by atoms with Crippen LogP contribution in [0.4, 0.5) is 0 Å². The molecule has 0 fully saturated rings. The average molecular weight is 1210 g/mol. The van der Waals surface area contributed by atoms with Gasteiger partial charge in [-0.2, -0.15) is 0 Å². The summed E-state index contributed by atoms with van der Waals surface area (Å²) in [6.07, 6.45) is 94.9. The molecule has 0 bridgehead atoms. The molecule has 0 aromatic rings. The number of hydrogen-bond acceptors (Lipinski definition) is 6. The molecule has 0 aromatic carbocycles. The molecule has 0 rings (SSSR count). The van der Waals surface area contributed by atoms with Gasteiger partial charge in [0, 0.05) is 6.42 Å². The fraction of sp³-hybridized carbons (Fsp3) is 0.776. The van der Waals surface area contributed by atoms with Crippen molar-refractivity contribution in [1.82, 2.24) is 5.32 Å². The van der Waals surface area contributed by atoms with Gasteiger partial charge in [-0.25, -0.2) is 0 Å². The average Bonchev–Trinajstić information content (AvgIpc) is 3.49. The molecule has 9 heteroatoms. The van der Waals surface area contributed by atoms with Gasteiger partial charge in [-0.05, 0) is 77.0 Å². The molecule has 0 radical (unpaired) electrons. The SMILES string of the molecule is CC/C=C\C/C=C\C/C=C\C/C=C\C/C=C\C/C=C\C/C=C\C/C=C\CCCCCCCCC(=O)NC(COP(=O)([O-])OCC[N+](C)(C)C)C(O)CCCCCCCCCCCCCCCCCCCCCCCCCCCCCCCCCC. The molecule has 0 heterocycles. The van der Waals surface area contributed by atoms with E-state index in [1.54, 1.807) is 0 Å². The standard InChI is InChI=1S/C76H139N2O6P/c1-6-8-10-12-14-16-18-20-22-24-26-28-30-32-34-36-38-40-41-43-45-47-49-51-53-55-57-59-61-63-65-67-69-75(79)74(73-84-85(81,82)83-72-71-78(3,4)5)77-76(80)70-68-66-64-62-60-58-56-54-52-50-48-46-44-42-39-37-35-33-31-29-27-25-23-21-19-17-15-13-11-9-7-2/h9,11,15,17,21,23,27,29,33,35,39,42,46,48,52,54,74-75,79H,6-8,10,12-14,16,18-20,22,24-26,28,30-32,34,36-38,40-41,43-45,47,49-51,53,55-73H2,1-5H3,(H-,77,80,81,82)/b11-9-,17-15-,23-21-,29-27-,35-33-,42-39-,48-46-,54-52-. The Labute approximate surface area is 528 Å². The Morgan fingerprint density at radius 1 is 0.424 bits per heavy atom. The number of amides is 1. The van der Waals surface area contributed by atoms with Crippen LogP contribution in [-0.4, -0.2) is 68.5 Å². The predicted octanol–water partition coefficient (Wildman–Crippen LogP) is 22.6. The van der Waals surface area contributed by atoms with Crippen LogP contribution >= 0.6 is 7.82 Å². The van der Waals surface area contributed by atoms with Crippen LogP contribution in [0.5, 0.6) is 0 Å². The number of allylic oxidation sites excluding steroid dienone is 16. The van der Waals surface area contributed by atoms with Crippen LogP contribution in [0.3, 0.4) is 0 Å². The van der Waals surface area contributed by atoms with Gasteiger partial charge in [0.1, 0.15) is 13.2 Å². The summed E-state index contributed by atoms with van der Waals surface area (Å²) in [7, 11) is 1.29. The largest absolute Gasteiger partial charge is 0.756 e. The maximum absolute atomic E-state index is 13.1. The van der Waals surface area contributed by atoms with Crippen LogP contribution in [0.15, 0.2) is 97.2 Å². The summed E-state index contributed by atoms with van der Waals surface area (Å²) in [5.41, 5.74) is 0. The highest BCUT2D eigenvalue weighted by Crippen LogP contribution is 2.38. The first-order valence-corrected chi connectivity index (χ1v) is 37.5. The highest BCUT2D eigenvalue weighted by Gasteiger charge is 2.24. The van der Waals surface area contributed by atoms with Crippen LogP contribution in [0, 0.1) is 0 Å². The van der Waals surface area contributed by atoms with E-state index in [9.17, 15) is 19.4 Å². The molecule has 0 aliphatic heterocycles. The smallest absolute Gasteiger partial charge is 0.268 e. The molecule has 0 aromatic heterocycles. The number of nitrogens with one attached hydrogen (secondary N) is 1. The second kappa shape index (κ2) is 65.9. The summed E-state index contributed by atoms with van der Waals surface area (Å²) < 4.78 is 23.5. The highest BCUT2D eigenvalue weighted by atomic mass is 31.2. The number of rotatable bonds is 66. The Kier molecular flexibility index (Phi) is 63.9. The zero-order valence-corrected chi connectivity index (χ0v) is 57.4. The number of unbranched alkanes of at least 4 members (excludes halogenated alkanes) is 37. The summed E-state index contributed by atoms with van der Waals surface area (Å²) in [5, 5.41) is 14.1. The van der Waals surface area contributed by atoms with E-state index in [0.717, 1.165) is 103 Å². The third kappa shape index (κ3) is 68.8. The van der Waals surface area contributed by atoms with Gasteiger partial charge in [0.25, 0.3) is 7.82 Å². The van der Waals surface area contributed by atoms with Crippen LogP contribution in [0.2, 0.25) is 0 Å². The maximum atomic E-state index is 13.1. The number of aliphatic hydroxyl groups excluding tert-OH is 1. The second-order valence-corrected chi connectivity index (χ2v) is 27.0. The lowest BCUT2D eigenvalue weighted by atomic mass is 10.0. The van der Waals surface area contributed by atoms with Gasteiger partial charge in [-0.15, -0.1) is 0 Å². The molecule has 1 amide bonds. The van der Waals surface area contributed by atoms with E-state index >= 15 is 0 Å². The van der Waals surface area contributed by atoms with Crippen LogP contribution in [0.1, 0.15) is 328 Å². The van der Waals surface area contributed by atoms with Crippen molar-refractivity contribution >= 4 is 13.7 Å². The number of phosphoric ester groups is 1. The summed E-state index contributed by atoms with van der Waals surface area (Å²) in [5.74, 6) is -0.179. The molecule has 8 nitrogen and oxygen atoms in total. The minimum Gasteiger partial charge on any atom is -0.756 e. The molecule has 85 heavy (non-hydrogen) atoms. The number of nitrogens with zero attached hydrogens (tertiary/aromatic N) is 1. The Morgan fingerprint density at radius 2 is 0.718 bits per heavy atom. The van der Waals surface area contributed by atoms with Gasteiger partial charge in [-0.1, -0.05) is 342 Å².